The topological polar surface area (TPSA) is 0 Å². The molecule has 1 heterocycles. The first-order chi connectivity index (χ1) is 4.27. The zero-order chi connectivity index (χ0) is 6.74. The van der Waals surface area contributed by atoms with Gasteiger partial charge in [-0.25, -0.2) is 0 Å². The van der Waals surface area contributed by atoms with E-state index in [0.717, 1.165) is 5.88 Å². The summed E-state index contributed by atoms with van der Waals surface area (Å²) < 4.78 is 0. The molecular weight excluding hydrogens is 151 g/mol. The van der Waals surface area contributed by atoms with Crippen molar-refractivity contribution in [1.29, 1.82) is 0 Å². The zero-order valence-electron chi connectivity index (χ0n) is 5.68. The van der Waals surface area contributed by atoms with E-state index in [-0.39, 0.29) is 0 Å². The minimum atomic E-state index is -0.688. The third-order valence-electron chi connectivity index (χ3n) is 1.70. The summed E-state index contributed by atoms with van der Waals surface area (Å²) in [6.07, 6.45) is 6.92. The normalized spacial score (nSPS) is 32.7. The van der Waals surface area contributed by atoms with Gasteiger partial charge in [0, 0.05) is 5.88 Å². The lowest BCUT2D eigenvalue weighted by Crippen LogP contribution is -1.91. The maximum atomic E-state index is 5.65. The molecule has 0 amide bonds. The van der Waals surface area contributed by atoms with Crippen LogP contribution in [-0.4, -0.2) is 30.7 Å². The molecule has 0 aromatic rings. The van der Waals surface area contributed by atoms with Crippen molar-refractivity contribution in [2.45, 2.75) is 0 Å². The molecule has 0 N–H and O–H groups in total. The van der Waals surface area contributed by atoms with Crippen LogP contribution in [0.1, 0.15) is 0 Å². The van der Waals surface area contributed by atoms with E-state index in [0.29, 0.717) is 0 Å². The van der Waals surface area contributed by atoms with Crippen molar-refractivity contribution in [1.82, 2.24) is 0 Å². The van der Waals surface area contributed by atoms with Crippen LogP contribution in [0, 0.1) is 0 Å². The Morgan fingerprint density at radius 2 is 2.44 bits per heavy atom. The highest BCUT2D eigenvalue weighted by Gasteiger charge is 2.09. The predicted octanol–water partition coefficient (Wildman–Crippen LogP) is 2.24. The van der Waals surface area contributed by atoms with E-state index in [1.165, 1.54) is 12.3 Å². The van der Waals surface area contributed by atoms with E-state index in [2.05, 4.69) is 24.6 Å². The zero-order valence-corrected chi connectivity index (χ0v) is 7.33. The van der Waals surface area contributed by atoms with Crippen LogP contribution in [0.25, 0.3) is 0 Å². The van der Waals surface area contributed by atoms with Crippen LogP contribution in [0.2, 0.25) is 0 Å². The Morgan fingerprint density at radius 3 is 2.89 bits per heavy atom. The van der Waals surface area contributed by atoms with Crippen molar-refractivity contribution in [3.8, 4) is 0 Å². The number of allylic oxidation sites excluding steroid dienone is 2. The molecule has 1 atom stereocenters. The van der Waals surface area contributed by atoms with E-state index in [4.69, 9.17) is 11.6 Å². The SMILES string of the molecule is CP1(CCCl)=CC=CC1. The second-order valence-corrected chi connectivity index (χ2v) is 7.10. The summed E-state index contributed by atoms with van der Waals surface area (Å²) in [5.41, 5.74) is 0. The Morgan fingerprint density at radius 1 is 1.67 bits per heavy atom. The van der Waals surface area contributed by atoms with Crippen molar-refractivity contribution < 1.29 is 0 Å². The predicted molar refractivity (Wildman–Crippen MR) is 48.5 cm³/mol. The van der Waals surface area contributed by atoms with Crippen LogP contribution in [0.3, 0.4) is 0 Å². The molecule has 0 aliphatic carbocycles. The molecule has 0 spiro atoms. The molecule has 1 unspecified atom stereocenters. The summed E-state index contributed by atoms with van der Waals surface area (Å²) in [5.74, 6) is 3.18. The van der Waals surface area contributed by atoms with Gasteiger partial charge in [-0.05, 0) is 19.0 Å². The van der Waals surface area contributed by atoms with Crippen molar-refractivity contribution >= 4 is 24.3 Å². The molecule has 2 heteroatoms. The Hall–Kier alpha value is 0.330. The quantitative estimate of drug-likeness (QED) is 0.432. The molecule has 0 aromatic carbocycles. The third kappa shape index (κ3) is 1.88. The molecule has 0 fully saturated rings. The van der Waals surface area contributed by atoms with Gasteiger partial charge < -0.3 is 0 Å². The summed E-state index contributed by atoms with van der Waals surface area (Å²) in [7, 11) is 0. The molecular formula is C7H12ClP. The van der Waals surface area contributed by atoms with E-state index in [9.17, 15) is 0 Å². The second kappa shape index (κ2) is 2.94. The van der Waals surface area contributed by atoms with E-state index in [1.54, 1.807) is 0 Å². The summed E-state index contributed by atoms with van der Waals surface area (Å²) in [6, 6.07) is 0. The molecule has 0 radical (unpaired) electrons. The van der Waals surface area contributed by atoms with Crippen molar-refractivity contribution in [3.05, 3.63) is 12.2 Å². The lowest BCUT2D eigenvalue weighted by molar-refractivity contribution is 1.48. The largest absolute Gasteiger partial charge is 0.126 e. The van der Waals surface area contributed by atoms with Gasteiger partial charge in [-0.15, -0.1) is 18.5 Å². The smallest absolute Gasteiger partial charge is 0.0262 e. The molecule has 0 saturated carbocycles. The van der Waals surface area contributed by atoms with E-state index in [1.807, 2.05) is 0 Å². The summed E-state index contributed by atoms with van der Waals surface area (Å²) in [6.45, 7) is 1.67. The Labute approximate surface area is 61.9 Å². The van der Waals surface area contributed by atoms with Crippen LogP contribution in [0.5, 0.6) is 0 Å². The molecule has 9 heavy (non-hydrogen) atoms. The Bertz CT molecular complexity index is 170. The van der Waals surface area contributed by atoms with Crippen LogP contribution < -0.4 is 0 Å². The highest BCUT2D eigenvalue weighted by molar-refractivity contribution is 7.75. The van der Waals surface area contributed by atoms with Gasteiger partial charge in [0.15, 0.2) is 0 Å². The maximum Gasteiger partial charge on any atom is 0.0262 e. The average molecular weight is 163 g/mol. The van der Waals surface area contributed by atoms with Crippen molar-refractivity contribution in [2.24, 2.45) is 0 Å². The minimum absolute atomic E-state index is 0.688. The maximum absolute atomic E-state index is 5.65. The first-order valence-corrected chi connectivity index (χ1v) is 6.39. The number of hydrogen-bond donors (Lipinski definition) is 0. The average Bonchev–Trinajstić information content (AvgIpc) is 2.16. The minimum Gasteiger partial charge on any atom is -0.126 e. The van der Waals surface area contributed by atoms with Gasteiger partial charge in [0.25, 0.3) is 0 Å². The van der Waals surface area contributed by atoms with Crippen LogP contribution in [0.4, 0.5) is 0 Å². The first-order valence-electron chi connectivity index (χ1n) is 3.18. The molecule has 0 saturated heterocycles. The molecule has 0 bridgehead atoms. The van der Waals surface area contributed by atoms with E-state index >= 15 is 0 Å². The lowest BCUT2D eigenvalue weighted by atomic mass is 10.6. The first kappa shape index (κ1) is 7.44. The summed E-state index contributed by atoms with van der Waals surface area (Å²) >= 11 is 5.65. The van der Waals surface area contributed by atoms with Crippen LogP contribution in [0.15, 0.2) is 12.2 Å². The fraction of sp³-hybridized carbons (Fsp3) is 0.571. The number of alkyl halides is 1. The van der Waals surface area contributed by atoms with Gasteiger partial charge in [0.2, 0.25) is 0 Å². The number of rotatable bonds is 2. The van der Waals surface area contributed by atoms with Gasteiger partial charge in [0.05, 0.1) is 0 Å². The molecule has 1 aliphatic heterocycles. The highest BCUT2D eigenvalue weighted by atomic mass is 35.5. The molecule has 0 nitrogen and oxygen atoms in total. The second-order valence-electron chi connectivity index (χ2n) is 2.65. The highest BCUT2D eigenvalue weighted by Crippen LogP contribution is 2.44. The van der Waals surface area contributed by atoms with E-state index < -0.39 is 6.89 Å². The van der Waals surface area contributed by atoms with Gasteiger partial charge in [-0.3, -0.25) is 0 Å². The Kier molecular flexibility index (Phi) is 2.43. The third-order valence-corrected chi connectivity index (χ3v) is 5.33. The van der Waals surface area contributed by atoms with Gasteiger partial charge in [-0.2, -0.15) is 0 Å². The fourth-order valence-electron chi connectivity index (χ4n) is 0.990. The van der Waals surface area contributed by atoms with Crippen LogP contribution in [-0.2, 0) is 0 Å². The Balaban J connectivity index is 2.55. The van der Waals surface area contributed by atoms with Gasteiger partial charge in [-0.1, -0.05) is 17.9 Å². The number of hydrogen-bond acceptors (Lipinski definition) is 0. The van der Waals surface area contributed by atoms with Gasteiger partial charge in [0.1, 0.15) is 0 Å². The summed E-state index contributed by atoms with van der Waals surface area (Å²) in [5, 5.41) is 0. The monoisotopic (exact) mass is 162 g/mol. The van der Waals surface area contributed by atoms with Crippen molar-refractivity contribution in [2.75, 3.05) is 24.9 Å². The molecule has 0 aromatic heterocycles. The van der Waals surface area contributed by atoms with Crippen LogP contribution >= 0.6 is 18.5 Å². The standard InChI is InChI=1S/C7H12ClP/c1-9(7-4-8)5-2-3-6-9/h2-3,5H,4,6-7H2,1H3. The lowest BCUT2D eigenvalue weighted by Gasteiger charge is -2.12. The molecule has 1 rings (SSSR count). The number of halogens is 1. The van der Waals surface area contributed by atoms with Gasteiger partial charge >= 0.3 is 0 Å². The molecule has 1 aliphatic rings. The fourth-order valence-corrected chi connectivity index (χ4v) is 4.13. The molecule has 52 valence electrons. The summed E-state index contributed by atoms with van der Waals surface area (Å²) in [4.78, 5) is 0. The van der Waals surface area contributed by atoms with Crippen molar-refractivity contribution in [3.63, 3.8) is 0 Å².